The Morgan fingerprint density at radius 1 is 1.17 bits per heavy atom. The van der Waals surface area contributed by atoms with Gasteiger partial charge in [0, 0.05) is 32.3 Å². The van der Waals surface area contributed by atoms with E-state index in [1.807, 2.05) is 13.0 Å². The van der Waals surface area contributed by atoms with E-state index in [-0.39, 0.29) is 24.2 Å². The molecule has 0 aromatic heterocycles. The van der Waals surface area contributed by atoms with E-state index in [0.717, 1.165) is 32.7 Å². The summed E-state index contributed by atoms with van der Waals surface area (Å²) in [5, 5.41) is 6.19. The SMILES string of the molecule is CC1CN(Cc2ccccc2)CC1NC(=O)NC1CCOC1C. The molecule has 5 heteroatoms. The molecule has 2 fully saturated rings. The maximum Gasteiger partial charge on any atom is 0.315 e. The van der Waals surface area contributed by atoms with Crippen molar-refractivity contribution in [2.75, 3.05) is 19.7 Å². The van der Waals surface area contributed by atoms with Crippen LogP contribution in [0.5, 0.6) is 0 Å². The van der Waals surface area contributed by atoms with E-state index in [1.54, 1.807) is 0 Å². The molecule has 0 saturated carbocycles. The molecule has 0 bridgehead atoms. The van der Waals surface area contributed by atoms with Crippen LogP contribution in [0, 0.1) is 5.92 Å². The highest BCUT2D eigenvalue weighted by atomic mass is 16.5. The first kappa shape index (κ1) is 16.3. The maximum atomic E-state index is 12.2. The van der Waals surface area contributed by atoms with Gasteiger partial charge in [0.1, 0.15) is 0 Å². The van der Waals surface area contributed by atoms with Gasteiger partial charge >= 0.3 is 6.03 Å². The number of hydrogen-bond acceptors (Lipinski definition) is 3. The van der Waals surface area contributed by atoms with Crippen molar-refractivity contribution in [3.05, 3.63) is 35.9 Å². The van der Waals surface area contributed by atoms with Crippen LogP contribution in [0.3, 0.4) is 0 Å². The quantitative estimate of drug-likeness (QED) is 0.893. The van der Waals surface area contributed by atoms with E-state index in [2.05, 4.69) is 46.7 Å². The van der Waals surface area contributed by atoms with Crippen LogP contribution < -0.4 is 10.6 Å². The molecule has 23 heavy (non-hydrogen) atoms. The monoisotopic (exact) mass is 317 g/mol. The summed E-state index contributed by atoms with van der Waals surface area (Å²) in [6, 6.07) is 10.8. The molecule has 0 radical (unpaired) electrons. The molecule has 2 saturated heterocycles. The molecule has 0 aliphatic carbocycles. The van der Waals surface area contributed by atoms with Gasteiger partial charge in [-0.1, -0.05) is 37.3 Å². The van der Waals surface area contributed by atoms with Crippen LogP contribution in [-0.2, 0) is 11.3 Å². The van der Waals surface area contributed by atoms with E-state index in [0.29, 0.717) is 5.92 Å². The van der Waals surface area contributed by atoms with Crippen molar-refractivity contribution < 1.29 is 9.53 Å². The average Bonchev–Trinajstić information content (AvgIpc) is 3.07. The number of ether oxygens (including phenoxy) is 1. The van der Waals surface area contributed by atoms with Crippen LogP contribution in [0.2, 0.25) is 0 Å². The predicted molar refractivity (Wildman–Crippen MR) is 90.2 cm³/mol. The fourth-order valence-corrected chi connectivity index (χ4v) is 3.53. The number of hydrogen-bond donors (Lipinski definition) is 2. The van der Waals surface area contributed by atoms with Gasteiger partial charge in [-0.2, -0.15) is 0 Å². The van der Waals surface area contributed by atoms with Crippen molar-refractivity contribution >= 4 is 6.03 Å². The second-order valence-corrected chi connectivity index (χ2v) is 6.85. The Kier molecular flexibility index (Phi) is 5.18. The van der Waals surface area contributed by atoms with Crippen LogP contribution in [-0.4, -0.2) is 48.8 Å². The number of benzene rings is 1. The molecular weight excluding hydrogens is 290 g/mol. The number of carbonyl (C=O) groups is 1. The molecule has 1 aromatic rings. The Hall–Kier alpha value is -1.59. The van der Waals surface area contributed by atoms with Gasteiger partial charge in [-0.25, -0.2) is 4.79 Å². The number of nitrogens with zero attached hydrogens (tertiary/aromatic N) is 1. The molecule has 3 rings (SSSR count). The van der Waals surface area contributed by atoms with Crippen LogP contribution in [0.25, 0.3) is 0 Å². The van der Waals surface area contributed by atoms with Crippen molar-refractivity contribution in [3.8, 4) is 0 Å². The highest BCUT2D eigenvalue weighted by Crippen LogP contribution is 2.19. The van der Waals surface area contributed by atoms with E-state index in [4.69, 9.17) is 4.74 Å². The Bertz CT molecular complexity index is 522. The molecule has 0 spiro atoms. The molecule has 1 aromatic carbocycles. The van der Waals surface area contributed by atoms with Crippen molar-refractivity contribution in [2.45, 2.75) is 45.0 Å². The summed E-state index contributed by atoms with van der Waals surface area (Å²) in [4.78, 5) is 14.6. The van der Waals surface area contributed by atoms with Crippen molar-refractivity contribution in [2.24, 2.45) is 5.92 Å². The number of amides is 2. The van der Waals surface area contributed by atoms with Crippen LogP contribution in [0.15, 0.2) is 30.3 Å². The summed E-state index contributed by atoms with van der Waals surface area (Å²) in [5.74, 6) is 0.460. The Labute approximate surface area is 138 Å². The summed E-state index contributed by atoms with van der Waals surface area (Å²) in [5.41, 5.74) is 1.32. The van der Waals surface area contributed by atoms with Gasteiger partial charge in [-0.05, 0) is 24.8 Å². The second-order valence-electron chi connectivity index (χ2n) is 6.85. The zero-order valence-electron chi connectivity index (χ0n) is 14.0. The van der Waals surface area contributed by atoms with Crippen molar-refractivity contribution in [1.82, 2.24) is 15.5 Å². The fraction of sp³-hybridized carbons (Fsp3) is 0.611. The lowest BCUT2D eigenvalue weighted by molar-refractivity contribution is 0.114. The number of nitrogens with one attached hydrogen (secondary N) is 2. The van der Waals surface area contributed by atoms with Crippen LogP contribution >= 0.6 is 0 Å². The zero-order valence-corrected chi connectivity index (χ0v) is 14.0. The van der Waals surface area contributed by atoms with Gasteiger partial charge in [0.05, 0.1) is 12.1 Å². The Morgan fingerprint density at radius 3 is 2.61 bits per heavy atom. The summed E-state index contributed by atoms with van der Waals surface area (Å²) in [6.07, 6.45) is 1.01. The minimum absolute atomic E-state index is 0.0641. The second kappa shape index (κ2) is 7.32. The number of carbonyl (C=O) groups excluding carboxylic acids is 1. The molecular formula is C18H27N3O2. The molecule has 2 amide bonds. The zero-order chi connectivity index (χ0) is 16.2. The topological polar surface area (TPSA) is 53.6 Å². The third kappa shape index (κ3) is 4.24. The van der Waals surface area contributed by atoms with Gasteiger partial charge in [0.25, 0.3) is 0 Å². The smallest absolute Gasteiger partial charge is 0.315 e. The van der Waals surface area contributed by atoms with Crippen molar-refractivity contribution in [1.29, 1.82) is 0 Å². The number of rotatable bonds is 4. The Balaban J connectivity index is 1.47. The average molecular weight is 317 g/mol. The number of likely N-dealkylation sites (tertiary alicyclic amines) is 1. The standard InChI is InChI=1S/C18H27N3O2/c1-13-10-21(11-15-6-4-3-5-7-15)12-17(13)20-18(22)19-16-8-9-23-14(16)2/h3-7,13-14,16-17H,8-12H2,1-2H3,(H2,19,20,22). The minimum Gasteiger partial charge on any atom is -0.376 e. The third-order valence-corrected chi connectivity index (χ3v) is 4.95. The lowest BCUT2D eigenvalue weighted by Crippen LogP contribution is -2.50. The van der Waals surface area contributed by atoms with E-state index < -0.39 is 0 Å². The normalized spacial score (nSPS) is 31.2. The molecule has 2 aliphatic heterocycles. The summed E-state index contributed by atoms with van der Waals surface area (Å²) in [6.45, 7) is 7.81. The molecule has 2 heterocycles. The van der Waals surface area contributed by atoms with Gasteiger partial charge < -0.3 is 15.4 Å². The molecule has 2 N–H and O–H groups in total. The largest absolute Gasteiger partial charge is 0.376 e. The van der Waals surface area contributed by atoms with Gasteiger partial charge in [-0.15, -0.1) is 0 Å². The lowest BCUT2D eigenvalue weighted by Gasteiger charge is -2.21. The minimum atomic E-state index is -0.0641. The highest BCUT2D eigenvalue weighted by molar-refractivity contribution is 5.74. The van der Waals surface area contributed by atoms with Crippen molar-refractivity contribution in [3.63, 3.8) is 0 Å². The lowest BCUT2D eigenvalue weighted by atomic mass is 10.1. The van der Waals surface area contributed by atoms with E-state index >= 15 is 0 Å². The molecule has 5 nitrogen and oxygen atoms in total. The number of urea groups is 1. The molecule has 2 aliphatic rings. The third-order valence-electron chi connectivity index (χ3n) is 4.95. The first-order valence-corrected chi connectivity index (χ1v) is 8.56. The first-order chi connectivity index (χ1) is 11.1. The van der Waals surface area contributed by atoms with Crippen LogP contribution in [0.4, 0.5) is 4.79 Å². The van der Waals surface area contributed by atoms with Gasteiger partial charge in [-0.3, -0.25) is 4.90 Å². The van der Waals surface area contributed by atoms with E-state index in [9.17, 15) is 4.79 Å². The summed E-state index contributed by atoms with van der Waals surface area (Å²) >= 11 is 0. The Morgan fingerprint density at radius 2 is 1.91 bits per heavy atom. The predicted octanol–water partition coefficient (Wildman–Crippen LogP) is 1.98. The molecule has 4 unspecified atom stereocenters. The van der Waals surface area contributed by atoms with E-state index in [1.165, 1.54) is 5.56 Å². The van der Waals surface area contributed by atoms with Gasteiger partial charge in [0.2, 0.25) is 0 Å². The molecule has 126 valence electrons. The maximum absolute atomic E-state index is 12.2. The van der Waals surface area contributed by atoms with Crippen LogP contribution in [0.1, 0.15) is 25.8 Å². The van der Waals surface area contributed by atoms with Gasteiger partial charge in [0.15, 0.2) is 0 Å². The summed E-state index contributed by atoms with van der Waals surface area (Å²) < 4.78 is 5.49. The molecule has 4 atom stereocenters. The highest BCUT2D eigenvalue weighted by Gasteiger charge is 2.32. The first-order valence-electron chi connectivity index (χ1n) is 8.56. The summed E-state index contributed by atoms with van der Waals surface area (Å²) in [7, 11) is 0. The fourth-order valence-electron chi connectivity index (χ4n) is 3.53.